The number of hydrogen-bond donors (Lipinski definition) is 2. The minimum Gasteiger partial charge on any atom is -0.390 e. The predicted octanol–water partition coefficient (Wildman–Crippen LogP) is 2.02. The van der Waals surface area contributed by atoms with Gasteiger partial charge in [-0.15, -0.1) is 0 Å². The smallest absolute Gasteiger partial charge is 0.154 e. The second kappa shape index (κ2) is 7.94. The van der Waals surface area contributed by atoms with Gasteiger partial charge in [-0.25, -0.2) is 18.1 Å². The Hall–Kier alpha value is -3.14. The van der Waals surface area contributed by atoms with E-state index in [1.807, 2.05) is 42.5 Å². The standard InChI is InChI=1S/C21H21N5O3S/c1-30(28,29)13-17(22)19-6-3-5-18(25-19)14-8-9-15-11-23-26(20(15)10-14)21-7-2-4-16(12-27)24-21/h2-11,17,27H,12-13,22H2,1H3. The van der Waals surface area contributed by atoms with Gasteiger partial charge >= 0.3 is 0 Å². The van der Waals surface area contributed by atoms with Gasteiger partial charge in [-0.2, -0.15) is 5.10 Å². The van der Waals surface area contributed by atoms with Crippen molar-refractivity contribution < 1.29 is 13.5 Å². The van der Waals surface area contributed by atoms with Crippen molar-refractivity contribution in [1.82, 2.24) is 19.7 Å². The summed E-state index contributed by atoms with van der Waals surface area (Å²) in [7, 11) is -3.21. The molecule has 0 bridgehead atoms. The molecule has 3 N–H and O–H groups in total. The first-order chi connectivity index (χ1) is 14.3. The molecule has 0 amide bonds. The first-order valence-corrected chi connectivity index (χ1v) is 11.4. The Morgan fingerprint density at radius 1 is 1.10 bits per heavy atom. The molecule has 0 aliphatic rings. The maximum absolute atomic E-state index is 11.6. The van der Waals surface area contributed by atoms with Crippen LogP contribution < -0.4 is 5.73 Å². The monoisotopic (exact) mass is 423 g/mol. The van der Waals surface area contributed by atoms with Crippen molar-refractivity contribution in [2.24, 2.45) is 5.73 Å². The Balaban J connectivity index is 1.75. The van der Waals surface area contributed by atoms with Crippen molar-refractivity contribution in [3.05, 3.63) is 72.2 Å². The lowest BCUT2D eigenvalue weighted by atomic mass is 10.1. The third-order valence-electron chi connectivity index (χ3n) is 4.67. The normalized spacial score (nSPS) is 12.9. The van der Waals surface area contributed by atoms with Gasteiger partial charge < -0.3 is 10.8 Å². The number of aliphatic hydroxyl groups excluding tert-OH is 1. The van der Waals surface area contributed by atoms with Crippen molar-refractivity contribution in [1.29, 1.82) is 0 Å². The van der Waals surface area contributed by atoms with Gasteiger partial charge in [-0.1, -0.05) is 24.3 Å². The summed E-state index contributed by atoms with van der Waals surface area (Å²) in [6.45, 7) is -0.150. The van der Waals surface area contributed by atoms with Gasteiger partial charge in [-0.3, -0.25) is 4.98 Å². The Labute approximate surface area is 173 Å². The molecule has 0 saturated carbocycles. The number of aromatic nitrogens is 4. The molecule has 0 spiro atoms. The number of hydrogen-bond acceptors (Lipinski definition) is 7. The SMILES string of the molecule is CS(=O)(=O)CC(N)c1cccc(-c2ccc3cnn(-c4cccc(CO)n4)c3c2)n1. The fourth-order valence-electron chi connectivity index (χ4n) is 3.26. The first kappa shape index (κ1) is 20.1. The van der Waals surface area contributed by atoms with Crippen LogP contribution in [0, 0.1) is 0 Å². The van der Waals surface area contributed by atoms with Crippen molar-refractivity contribution >= 4 is 20.7 Å². The van der Waals surface area contributed by atoms with E-state index in [4.69, 9.17) is 5.73 Å². The molecular formula is C21H21N5O3S. The number of fused-ring (bicyclic) bond motifs is 1. The van der Waals surface area contributed by atoms with Crippen LogP contribution in [0.5, 0.6) is 0 Å². The molecular weight excluding hydrogens is 402 g/mol. The molecule has 0 saturated heterocycles. The summed E-state index contributed by atoms with van der Waals surface area (Å²) in [5, 5.41) is 14.7. The first-order valence-electron chi connectivity index (χ1n) is 9.29. The summed E-state index contributed by atoms with van der Waals surface area (Å²) >= 11 is 0. The lowest BCUT2D eigenvalue weighted by molar-refractivity contribution is 0.276. The lowest BCUT2D eigenvalue weighted by Crippen LogP contribution is -2.21. The molecule has 1 atom stereocenters. The van der Waals surface area contributed by atoms with Gasteiger partial charge in [0.15, 0.2) is 5.82 Å². The Bertz CT molecular complexity index is 1320. The highest BCUT2D eigenvalue weighted by Gasteiger charge is 2.15. The van der Waals surface area contributed by atoms with Crippen LogP contribution in [0.15, 0.2) is 60.8 Å². The van der Waals surface area contributed by atoms with E-state index < -0.39 is 15.9 Å². The second-order valence-corrected chi connectivity index (χ2v) is 9.31. The maximum Gasteiger partial charge on any atom is 0.154 e. The molecule has 1 aromatic carbocycles. The predicted molar refractivity (Wildman–Crippen MR) is 115 cm³/mol. The molecule has 3 heterocycles. The number of nitrogens with two attached hydrogens (primary N) is 1. The van der Waals surface area contributed by atoms with Crippen LogP contribution in [-0.4, -0.2) is 45.3 Å². The average molecular weight is 423 g/mol. The van der Waals surface area contributed by atoms with Crippen molar-refractivity contribution in [2.75, 3.05) is 12.0 Å². The summed E-state index contributed by atoms with van der Waals surface area (Å²) in [5.74, 6) is 0.438. The molecule has 30 heavy (non-hydrogen) atoms. The number of rotatable bonds is 6. The molecule has 4 rings (SSSR count). The summed E-state index contributed by atoms with van der Waals surface area (Å²) in [5.41, 5.74) is 9.48. The summed E-state index contributed by atoms with van der Waals surface area (Å²) < 4.78 is 24.8. The molecule has 4 aromatic rings. The van der Waals surface area contributed by atoms with E-state index in [0.29, 0.717) is 22.9 Å². The molecule has 9 heteroatoms. The van der Waals surface area contributed by atoms with E-state index in [9.17, 15) is 13.5 Å². The average Bonchev–Trinajstić information content (AvgIpc) is 3.16. The van der Waals surface area contributed by atoms with Crippen LogP contribution in [0.4, 0.5) is 0 Å². The van der Waals surface area contributed by atoms with Gasteiger partial charge in [-0.05, 0) is 30.3 Å². The number of nitrogens with zero attached hydrogens (tertiary/aromatic N) is 4. The van der Waals surface area contributed by atoms with E-state index in [1.165, 1.54) is 0 Å². The van der Waals surface area contributed by atoms with E-state index in [0.717, 1.165) is 22.7 Å². The van der Waals surface area contributed by atoms with Gasteiger partial charge in [0, 0.05) is 17.2 Å². The summed E-state index contributed by atoms with van der Waals surface area (Å²) in [4.78, 5) is 9.00. The van der Waals surface area contributed by atoms with Crippen LogP contribution in [0.1, 0.15) is 17.4 Å². The molecule has 1 unspecified atom stereocenters. The minimum atomic E-state index is -3.21. The summed E-state index contributed by atoms with van der Waals surface area (Å²) in [6.07, 6.45) is 2.91. The molecule has 154 valence electrons. The Morgan fingerprint density at radius 2 is 1.90 bits per heavy atom. The van der Waals surface area contributed by atoms with Crippen LogP contribution in [-0.2, 0) is 16.4 Å². The number of aliphatic hydroxyl groups is 1. The zero-order chi connectivity index (χ0) is 21.3. The highest BCUT2D eigenvalue weighted by atomic mass is 32.2. The summed E-state index contributed by atoms with van der Waals surface area (Å²) in [6, 6.07) is 15.9. The number of benzene rings is 1. The Morgan fingerprint density at radius 3 is 2.67 bits per heavy atom. The van der Waals surface area contributed by atoms with Gasteiger partial charge in [0.25, 0.3) is 0 Å². The van der Waals surface area contributed by atoms with E-state index in [2.05, 4.69) is 15.1 Å². The van der Waals surface area contributed by atoms with E-state index in [1.54, 1.807) is 23.0 Å². The third-order valence-corrected chi connectivity index (χ3v) is 5.64. The van der Waals surface area contributed by atoms with Crippen LogP contribution in [0.25, 0.3) is 28.0 Å². The Kier molecular flexibility index (Phi) is 5.33. The van der Waals surface area contributed by atoms with Crippen molar-refractivity contribution in [3.63, 3.8) is 0 Å². The van der Waals surface area contributed by atoms with Crippen LogP contribution >= 0.6 is 0 Å². The van der Waals surface area contributed by atoms with E-state index in [-0.39, 0.29) is 12.4 Å². The third kappa shape index (κ3) is 4.23. The fourth-order valence-corrected chi connectivity index (χ4v) is 4.09. The fraction of sp³-hybridized carbons (Fsp3) is 0.190. The highest BCUT2D eigenvalue weighted by Crippen LogP contribution is 2.25. The van der Waals surface area contributed by atoms with Gasteiger partial charge in [0.2, 0.25) is 0 Å². The molecule has 0 aliphatic carbocycles. The topological polar surface area (TPSA) is 124 Å². The zero-order valence-corrected chi connectivity index (χ0v) is 17.1. The molecule has 0 radical (unpaired) electrons. The number of pyridine rings is 2. The van der Waals surface area contributed by atoms with Gasteiger partial charge in [0.05, 0.1) is 47.2 Å². The van der Waals surface area contributed by atoms with Crippen LogP contribution in [0.2, 0.25) is 0 Å². The van der Waals surface area contributed by atoms with Crippen molar-refractivity contribution in [2.45, 2.75) is 12.6 Å². The van der Waals surface area contributed by atoms with Crippen molar-refractivity contribution in [3.8, 4) is 17.1 Å². The lowest BCUT2D eigenvalue weighted by Gasteiger charge is -2.11. The molecule has 0 fully saturated rings. The van der Waals surface area contributed by atoms with E-state index >= 15 is 0 Å². The van der Waals surface area contributed by atoms with Crippen LogP contribution in [0.3, 0.4) is 0 Å². The second-order valence-electron chi connectivity index (χ2n) is 7.12. The minimum absolute atomic E-state index is 0.150. The highest BCUT2D eigenvalue weighted by molar-refractivity contribution is 7.90. The zero-order valence-electron chi connectivity index (χ0n) is 16.3. The number of sulfone groups is 1. The quantitative estimate of drug-likeness (QED) is 0.486. The molecule has 0 aliphatic heterocycles. The molecule has 8 nitrogen and oxygen atoms in total. The van der Waals surface area contributed by atoms with Gasteiger partial charge in [0.1, 0.15) is 9.84 Å². The molecule has 3 aromatic heterocycles. The largest absolute Gasteiger partial charge is 0.390 e. The maximum atomic E-state index is 11.6.